The number of hydrogen-bond donors (Lipinski definition) is 2. The Labute approximate surface area is 119 Å². The van der Waals surface area contributed by atoms with Crippen molar-refractivity contribution in [2.75, 3.05) is 17.7 Å². The van der Waals surface area contributed by atoms with E-state index in [1.54, 1.807) is 12.1 Å². The largest absolute Gasteiger partial charge is 0.493 e. The van der Waals surface area contributed by atoms with Crippen LogP contribution in [0.25, 0.3) is 0 Å². The highest BCUT2D eigenvalue weighted by molar-refractivity contribution is 9.10. The van der Waals surface area contributed by atoms with E-state index >= 15 is 0 Å². The van der Waals surface area contributed by atoms with Gasteiger partial charge in [-0.3, -0.25) is 0 Å². The second-order valence-electron chi connectivity index (χ2n) is 4.35. The molecule has 0 aliphatic carbocycles. The minimum Gasteiger partial charge on any atom is -0.493 e. The lowest BCUT2D eigenvalue weighted by Gasteiger charge is -2.10. The van der Waals surface area contributed by atoms with Crippen LogP contribution < -0.4 is 15.8 Å². The maximum atomic E-state index is 5.68. The van der Waals surface area contributed by atoms with Gasteiger partial charge in [0, 0.05) is 23.0 Å². The summed E-state index contributed by atoms with van der Waals surface area (Å²) in [5.41, 5.74) is 7.86. The number of nitrogen functional groups attached to an aromatic ring is 1. The Bertz CT molecular complexity index is 600. The number of benzene rings is 1. The van der Waals surface area contributed by atoms with Crippen molar-refractivity contribution in [2.45, 2.75) is 13.0 Å². The Morgan fingerprint density at radius 3 is 3.00 bits per heavy atom. The number of rotatable bonds is 3. The molecule has 3 N–H and O–H groups in total. The summed E-state index contributed by atoms with van der Waals surface area (Å²) in [6.45, 7) is 1.39. The molecule has 0 atom stereocenters. The van der Waals surface area contributed by atoms with Crippen LogP contribution in [0.4, 0.5) is 11.6 Å². The van der Waals surface area contributed by atoms with Crippen LogP contribution >= 0.6 is 15.9 Å². The third kappa shape index (κ3) is 2.63. The SMILES string of the molecule is Nc1ccc(NCc2cc(Br)cc3c2OCC3)nn1. The smallest absolute Gasteiger partial charge is 0.149 e. The van der Waals surface area contributed by atoms with E-state index in [-0.39, 0.29) is 0 Å². The van der Waals surface area contributed by atoms with Gasteiger partial charge in [-0.15, -0.1) is 10.2 Å². The number of halogens is 1. The first-order chi connectivity index (χ1) is 9.22. The molecule has 2 heterocycles. The van der Waals surface area contributed by atoms with E-state index < -0.39 is 0 Å². The summed E-state index contributed by atoms with van der Waals surface area (Å²) in [6, 6.07) is 7.69. The first kappa shape index (κ1) is 12.2. The van der Waals surface area contributed by atoms with Crippen molar-refractivity contribution in [3.05, 3.63) is 39.9 Å². The first-order valence-electron chi connectivity index (χ1n) is 5.99. The van der Waals surface area contributed by atoms with E-state index in [1.165, 1.54) is 5.56 Å². The van der Waals surface area contributed by atoms with E-state index in [9.17, 15) is 0 Å². The van der Waals surface area contributed by atoms with Crippen molar-refractivity contribution in [2.24, 2.45) is 0 Å². The van der Waals surface area contributed by atoms with Crippen LogP contribution in [0.2, 0.25) is 0 Å². The van der Waals surface area contributed by atoms with Gasteiger partial charge in [-0.1, -0.05) is 15.9 Å². The lowest BCUT2D eigenvalue weighted by molar-refractivity contribution is 0.354. The third-order valence-corrected chi connectivity index (χ3v) is 3.43. The maximum Gasteiger partial charge on any atom is 0.149 e. The zero-order chi connectivity index (χ0) is 13.2. The molecule has 5 nitrogen and oxygen atoms in total. The topological polar surface area (TPSA) is 73.1 Å². The predicted octanol–water partition coefficient (Wildman–Crippen LogP) is 2.37. The van der Waals surface area contributed by atoms with Gasteiger partial charge in [0.25, 0.3) is 0 Å². The van der Waals surface area contributed by atoms with Gasteiger partial charge in [-0.25, -0.2) is 0 Å². The van der Waals surface area contributed by atoms with Crippen LogP contribution in [0.5, 0.6) is 5.75 Å². The molecule has 1 aromatic carbocycles. The monoisotopic (exact) mass is 320 g/mol. The van der Waals surface area contributed by atoms with E-state index in [4.69, 9.17) is 10.5 Å². The fraction of sp³-hybridized carbons (Fsp3) is 0.231. The molecule has 0 bridgehead atoms. The van der Waals surface area contributed by atoms with Gasteiger partial charge in [0.05, 0.1) is 6.61 Å². The molecule has 1 aromatic heterocycles. The second kappa shape index (κ2) is 5.05. The predicted molar refractivity (Wildman–Crippen MR) is 77.1 cm³/mol. The van der Waals surface area contributed by atoms with E-state index in [1.807, 2.05) is 0 Å². The molecule has 2 aromatic rings. The molecule has 98 valence electrons. The molecule has 0 amide bonds. The molecule has 0 radical (unpaired) electrons. The fourth-order valence-corrected chi connectivity index (χ4v) is 2.65. The molecular weight excluding hydrogens is 308 g/mol. The number of fused-ring (bicyclic) bond motifs is 1. The van der Waals surface area contributed by atoms with Crippen molar-refractivity contribution in [3.63, 3.8) is 0 Å². The Hall–Kier alpha value is -1.82. The van der Waals surface area contributed by atoms with Crippen molar-refractivity contribution in [3.8, 4) is 5.75 Å². The van der Waals surface area contributed by atoms with Crippen LogP contribution in [0.1, 0.15) is 11.1 Å². The third-order valence-electron chi connectivity index (χ3n) is 2.97. The Morgan fingerprint density at radius 1 is 1.32 bits per heavy atom. The van der Waals surface area contributed by atoms with Crippen LogP contribution in [0.15, 0.2) is 28.7 Å². The van der Waals surface area contributed by atoms with E-state index in [0.717, 1.165) is 28.8 Å². The van der Waals surface area contributed by atoms with Gasteiger partial charge in [-0.05, 0) is 29.8 Å². The highest BCUT2D eigenvalue weighted by Crippen LogP contribution is 2.33. The molecular formula is C13H13BrN4O. The first-order valence-corrected chi connectivity index (χ1v) is 6.79. The Kier molecular flexibility index (Phi) is 3.25. The number of ether oxygens (including phenoxy) is 1. The lowest BCUT2D eigenvalue weighted by atomic mass is 10.1. The summed E-state index contributed by atoms with van der Waals surface area (Å²) in [6.07, 6.45) is 0.962. The van der Waals surface area contributed by atoms with E-state index in [2.05, 4.69) is 43.6 Å². The Morgan fingerprint density at radius 2 is 2.21 bits per heavy atom. The Balaban J connectivity index is 1.78. The van der Waals surface area contributed by atoms with E-state index in [0.29, 0.717) is 18.2 Å². The van der Waals surface area contributed by atoms with Crippen molar-refractivity contribution in [1.29, 1.82) is 0 Å². The maximum absolute atomic E-state index is 5.68. The highest BCUT2D eigenvalue weighted by Gasteiger charge is 2.17. The average molecular weight is 321 g/mol. The average Bonchev–Trinajstić information content (AvgIpc) is 2.85. The van der Waals surface area contributed by atoms with Gasteiger partial charge in [0.2, 0.25) is 0 Å². The molecule has 0 saturated heterocycles. The number of nitrogens with one attached hydrogen (secondary N) is 1. The number of anilines is 2. The van der Waals surface area contributed by atoms with Crippen molar-refractivity contribution < 1.29 is 4.74 Å². The van der Waals surface area contributed by atoms with Gasteiger partial charge < -0.3 is 15.8 Å². The normalized spacial score (nSPS) is 12.9. The number of aromatic nitrogens is 2. The van der Waals surface area contributed by atoms with Gasteiger partial charge in [0.15, 0.2) is 0 Å². The zero-order valence-electron chi connectivity index (χ0n) is 10.2. The van der Waals surface area contributed by atoms with Crippen molar-refractivity contribution >= 4 is 27.6 Å². The summed E-state index contributed by atoms with van der Waals surface area (Å²) < 4.78 is 6.74. The van der Waals surface area contributed by atoms with Crippen LogP contribution in [-0.4, -0.2) is 16.8 Å². The standard InChI is InChI=1S/C13H13BrN4O/c14-10-5-8-3-4-19-13(8)9(6-10)7-16-12-2-1-11(15)17-18-12/h1-2,5-6H,3-4,7H2,(H2,15,17)(H,16,18). The lowest BCUT2D eigenvalue weighted by Crippen LogP contribution is -2.04. The molecule has 1 aliphatic rings. The van der Waals surface area contributed by atoms with Gasteiger partial charge in [0.1, 0.15) is 17.4 Å². The van der Waals surface area contributed by atoms with Crippen molar-refractivity contribution in [1.82, 2.24) is 10.2 Å². The molecule has 19 heavy (non-hydrogen) atoms. The summed E-state index contributed by atoms with van der Waals surface area (Å²) in [5.74, 6) is 2.09. The van der Waals surface area contributed by atoms with Crippen LogP contribution in [0, 0.1) is 0 Å². The minimum absolute atomic E-state index is 0.414. The molecule has 1 aliphatic heterocycles. The minimum atomic E-state index is 0.414. The van der Waals surface area contributed by atoms with Gasteiger partial charge in [-0.2, -0.15) is 0 Å². The van der Waals surface area contributed by atoms with Crippen LogP contribution in [-0.2, 0) is 13.0 Å². The highest BCUT2D eigenvalue weighted by atomic mass is 79.9. The quantitative estimate of drug-likeness (QED) is 0.908. The summed E-state index contributed by atoms with van der Waals surface area (Å²) in [5, 5.41) is 11.0. The number of nitrogens with two attached hydrogens (primary N) is 1. The number of hydrogen-bond acceptors (Lipinski definition) is 5. The van der Waals surface area contributed by atoms with Crippen LogP contribution in [0.3, 0.4) is 0 Å². The fourth-order valence-electron chi connectivity index (χ4n) is 2.10. The second-order valence-corrected chi connectivity index (χ2v) is 5.26. The molecule has 0 fully saturated rings. The molecule has 0 saturated carbocycles. The summed E-state index contributed by atoms with van der Waals surface area (Å²) in [7, 11) is 0. The van der Waals surface area contributed by atoms with Gasteiger partial charge >= 0.3 is 0 Å². The molecule has 6 heteroatoms. The zero-order valence-corrected chi connectivity index (χ0v) is 11.8. The molecule has 0 unspecified atom stereocenters. The number of nitrogens with zero attached hydrogens (tertiary/aromatic N) is 2. The molecule has 0 spiro atoms. The summed E-state index contributed by atoms with van der Waals surface area (Å²) in [4.78, 5) is 0. The summed E-state index contributed by atoms with van der Waals surface area (Å²) >= 11 is 3.52. The molecule has 3 rings (SSSR count).